The van der Waals surface area contributed by atoms with Crippen LogP contribution in [0.25, 0.3) is 0 Å². The Hall–Kier alpha value is -1.27. The second-order valence-corrected chi connectivity index (χ2v) is 3.15. The third-order valence-corrected chi connectivity index (χ3v) is 2.35. The van der Waals surface area contributed by atoms with Crippen LogP contribution in [0.2, 0.25) is 0 Å². The molecule has 2 heterocycles. The summed E-state index contributed by atoms with van der Waals surface area (Å²) in [5.41, 5.74) is 0.868. The van der Waals surface area contributed by atoms with E-state index in [-0.39, 0.29) is 0 Å². The van der Waals surface area contributed by atoms with Gasteiger partial charge < -0.3 is 4.74 Å². The second-order valence-electron chi connectivity index (χ2n) is 3.15. The molecule has 0 radical (unpaired) electrons. The van der Waals surface area contributed by atoms with E-state index in [1.165, 1.54) is 0 Å². The van der Waals surface area contributed by atoms with Crippen molar-refractivity contribution in [3.63, 3.8) is 0 Å². The first-order valence-electron chi connectivity index (χ1n) is 4.49. The minimum atomic E-state index is 0.426. The van der Waals surface area contributed by atoms with Gasteiger partial charge in [-0.05, 0) is 18.9 Å². The van der Waals surface area contributed by atoms with E-state index < -0.39 is 0 Å². The highest BCUT2D eigenvalue weighted by Gasteiger charge is 2.17. The van der Waals surface area contributed by atoms with Gasteiger partial charge in [0.25, 0.3) is 0 Å². The van der Waals surface area contributed by atoms with E-state index in [9.17, 15) is 0 Å². The van der Waals surface area contributed by atoms with E-state index >= 15 is 0 Å². The largest absolute Gasteiger partial charge is 0.381 e. The van der Waals surface area contributed by atoms with Crippen molar-refractivity contribution in [3.05, 3.63) is 18.0 Å². The van der Waals surface area contributed by atoms with Crippen LogP contribution in [-0.2, 0) is 4.74 Å². The number of nitrogens with zero attached hydrogens (tertiary/aromatic N) is 2. The van der Waals surface area contributed by atoms with Crippen molar-refractivity contribution in [2.45, 2.75) is 18.9 Å². The van der Waals surface area contributed by atoms with Crippen LogP contribution in [-0.4, -0.2) is 23.0 Å². The normalized spacial score (nSPS) is 18.4. The van der Waals surface area contributed by atoms with Crippen LogP contribution in [0.15, 0.2) is 12.3 Å². The number of hydrogen-bond donors (Lipinski definition) is 0. The lowest BCUT2D eigenvalue weighted by Crippen LogP contribution is -2.21. The number of rotatable bonds is 1. The number of ether oxygens (including phenoxy) is 1. The van der Waals surface area contributed by atoms with E-state index in [0.29, 0.717) is 6.04 Å². The Morgan fingerprint density at radius 2 is 2.31 bits per heavy atom. The highest BCUT2D eigenvalue weighted by molar-refractivity contribution is 5.23. The second kappa shape index (κ2) is 3.63. The standard InChI is InChI=1S/C10H12N2O/c1-2-9-3-6-11-12(9)10-4-7-13-8-5-10/h1,3,6,10H,4-5,7-8H2. The maximum Gasteiger partial charge on any atom is 0.111 e. The van der Waals surface area contributed by atoms with E-state index in [1.54, 1.807) is 6.20 Å². The van der Waals surface area contributed by atoms with Crippen LogP contribution < -0.4 is 0 Å². The fraction of sp³-hybridized carbons (Fsp3) is 0.500. The van der Waals surface area contributed by atoms with Crippen molar-refractivity contribution < 1.29 is 4.74 Å². The van der Waals surface area contributed by atoms with Gasteiger partial charge in [-0.25, -0.2) is 0 Å². The maximum absolute atomic E-state index is 5.36. The molecule has 0 atom stereocenters. The van der Waals surface area contributed by atoms with Gasteiger partial charge >= 0.3 is 0 Å². The molecule has 13 heavy (non-hydrogen) atoms. The molecule has 0 saturated carbocycles. The van der Waals surface area contributed by atoms with Crippen LogP contribution in [0, 0.1) is 12.3 Å². The first-order valence-corrected chi connectivity index (χ1v) is 4.49. The lowest BCUT2D eigenvalue weighted by atomic mass is 10.1. The first-order chi connectivity index (χ1) is 6.42. The van der Waals surface area contributed by atoms with E-state index in [4.69, 9.17) is 11.2 Å². The minimum Gasteiger partial charge on any atom is -0.381 e. The van der Waals surface area contributed by atoms with E-state index in [0.717, 1.165) is 31.7 Å². The molecule has 3 heteroatoms. The summed E-state index contributed by atoms with van der Waals surface area (Å²) in [6.45, 7) is 1.63. The highest BCUT2D eigenvalue weighted by Crippen LogP contribution is 2.20. The lowest BCUT2D eigenvalue weighted by molar-refractivity contribution is 0.0660. The van der Waals surface area contributed by atoms with Crippen LogP contribution in [0.1, 0.15) is 24.6 Å². The number of hydrogen-bond acceptors (Lipinski definition) is 2. The molecular formula is C10H12N2O. The van der Waals surface area contributed by atoms with Crippen LogP contribution in [0.5, 0.6) is 0 Å². The molecular weight excluding hydrogens is 164 g/mol. The van der Waals surface area contributed by atoms with Crippen molar-refractivity contribution >= 4 is 0 Å². The summed E-state index contributed by atoms with van der Waals surface area (Å²) in [6, 6.07) is 2.30. The molecule has 1 aromatic rings. The first kappa shape index (κ1) is 8.33. The molecule has 0 unspecified atom stereocenters. The average molecular weight is 176 g/mol. The van der Waals surface area contributed by atoms with Gasteiger partial charge in [0, 0.05) is 13.2 Å². The van der Waals surface area contributed by atoms with E-state index in [1.807, 2.05) is 10.7 Å². The number of terminal acetylenes is 1. The third-order valence-electron chi connectivity index (χ3n) is 2.35. The zero-order chi connectivity index (χ0) is 9.10. The summed E-state index contributed by atoms with van der Waals surface area (Å²) in [7, 11) is 0. The fourth-order valence-corrected chi connectivity index (χ4v) is 1.65. The van der Waals surface area contributed by atoms with Gasteiger partial charge in [-0.1, -0.05) is 5.92 Å². The molecule has 1 aromatic heterocycles. The van der Waals surface area contributed by atoms with Gasteiger partial charge in [-0.15, -0.1) is 6.42 Å². The van der Waals surface area contributed by atoms with Crippen molar-refractivity contribution in [2.75, 3.05) is 13.2 Å². The Kier molecular flexibility index (Phi) is 2.33. The molecule has 0 N–H and O–H groups in total. The summed E-state index contributed by atoms with van der Waals surface area (Å²) in [5, 5.41) is 4.23. The van der Waals surface area contributed by atoms with Crippen LogP contribution in [0.3, 0.4) is 0 Å². The van der Waals surface area contributed by atoms with Crippen molar-refractivity contribution in [3.8, 4) is 12.3 Å². The summed E-state index contributed by atoms with van der Waals surface area (Å²) >= 11 is 0. The van der Waals surface area contributed by atoms with Gasteiger partial charge in [0.05, 0.1) is 12.2 Å². The maximum atomic E-state index is 5.36. The molecule has 1 fully saturated rings. The summed E-state index contributed by atoms with van der Waals surface area (Å²) in [4.78, 5) is 0. The molecule has 0 aliphatic carbocycles. The molecule has 1 saturated heterocycles. The molecule has 0 spiro atoms. The monoisotopic (exact) mass is 176 g/mol. The summed E-state index contributed by atoms with van der Waals surface area (Å²) < 4.78 is 7.21. The Balaban J connectivity index is 2.19. The molecule has 0 bridgehead atoms. The zero-order valence-electron chi connectivity index (χ0n) is 7.44. The van der Waals surface area contributed by atoms with Gasteiger partial charge in [0.2, 0.25) is 0 Å². The van der Waals surface area contributed by atoms with Crippen LogP contribution >= 0.6 is 0 Å². The SMILES string of the molecule is C#Cc1ccnn1C1CCOCC1. The van der Waals surface area contributed by atoms with E-state index in [2.05, 4.69) is 11.0 Å². The molecule has 1 aliphatic rings. The molecule has 2 rings (SSSR count). The third kappa shape index (κ3) is 1.58. The quantitative estimate of drug-likeness (QED) is 0.601. The topological polar surface area (TPSA) is 27.1 Å². The zero-order valence-corrected chi connectivity index (χ0v) is 7.44. The Bertz CT molecular complexity index is 318. The van der Waals surface area contributed by atoms with Crippen molar-refractivity contribution in [1.82, 2.24) is 9.78 Å². The Morgan fingerprint density at radius 3 is 3.00 bits per heavy atom. The smallest absolute Gasteiger partial charge is 0.111 e. The minimum absolute atomic E-state index is 0.426. The lowest BCUT2D eigenvalue weighted by Gasteiger charge is -2.23. The molecule has 0 amide bonds. The van der Waals surface area contributed by atoms with Crippen LogP contribution in [0.4, 0.5) is 0 Å². The predicted octanol–water partition coefficient (Wildman–Crippen LogP) is 1.22. The van der Waals surface area contributed by atoms with Gasteiger partial charge in [-0.2, -0.15) is 5.10 Å². The average Bonchev–Trinajstić information content (AvgIpc) is 2.67. The molecule has 3 nitrogen and oxygen atoms in total. The fourth-order valence-electron chi connectivity index (χ4n) is 1.65. The molecule has 0 aromatic carbocycles. The predicted molar refractivity (Wildman–Crippen MR) is 49.3 cm³/mol. The Labute approximate surface area is 77.7 Å². The summed E-state index contributed by atoms with van der Waals surface area (Å²) in [6.07, 6.45) is 9.13. The highest BCUT2D eigenvalue weighted by atomic mass is 16.5. The van der Waals surface area contributed by atoms with Crippen molar-refractivity contribution in [2.24, 2.45) is 0 Å². The number of aromatic nitrogens is 2. The molecule has 1 aliphatic heterocycles. The summed E-state index contributed by atoms with van der Waals surface area (Å²) in [5.74, 6) is 2.63. The van der Waals surface area contributed by atoms with Gasteiger partial charge in [0.1, 0.15) is 5.69 Å². The van der Waals surface area contributed by atoms with Gasteiger partial charge in [0.15, 0.2) is 0 Å². The molecule has 68 valence electrons. The van der Waals surface area contributed by atoms with Crippen molar-refractivity contribution in [1.29, 1.82) is 0 Å². The van der Waals surface area contributed by atoms with Gasteiger partial charge in [-0.3, -0.25) is 4.68 Å². The Morgan fingerprint density at radius 1 is 1.54 bits per heavy atom.